The van der Waals surface area contributed by atoms with Crippen LogP contribution in [0.5, 0.6) is 0 Å². The predicted molar refractivity (Wildman–Crippen MR) is 94.2 cm³/mol. The van der Waals surface area contributed by atoms with Crippen molar-refractivity contribution in [3.63, 3.8) is 0 Å². The van der Waals surface area contributed by atoms with E-state index in [0.717, 1.165) is 11.5 Å². The van der Waals surface area contributed by atoms with Gasteiger partial charge in [-0.2, -0.15) is 11.8 Å². The quantitative estimate of drug-likeness (QED) is 0.717. The van der Waals surface area contributed by atoms with Crippen LogP contribution >= 0.6 is 23.1 Å². The van der Waals surface area contributed by atoms with Crippen molar-refractivity contribution in [2.45, 2.75) is 44.6 Å². The molecule has 1 aromatic heterocycles. The van der Waals surface area contributed by atoms with E-state index in [9.17, 15) is 0 Å². The second kappa shape index (κ2) is 6.99. The van der Waals surface area contributed by atoms with E-state index in [-0.39, 0.29) is 0 Å². The normalized spacial score (nSPS) is 21.8. The van der Waals surface area contributed by atoms with Crippen LogP contribution in [0, 0.1) is 6.92 Å². The van der Waals surface area contributed by atoms with Gasteiger partial charge in [-0.05, 0) is 48.8 Å². The van der Waals surface area contributed by atoms with Gasteiger partial charge in [-0.3, -0.25) is 0 Å². The molecule has 0 bridgehead atoms. The molecule has 1 aromatic carbocycles. The van der Waals surface area contributed by atoms with Gasteiger partial charge in [0.1, 0.15) is 0 Å². The topological polar surface area (TPSA) is 9.23 Å². The van der Waals surface area contributed by atoms with Crippen LogP contribution in [-0.4, -0.2) is 18.0 Å². The summed E-state index contributed by atoms with van der Waals surface area (Å²) in [5.41, 5.74) is 4.27. The van der Waals surface area contributed by atoms with Crippen LogP contribution < -0.4 is 0 Å². The zero-order valence-electron chi connectivity index (χ0n) is 12.7. The van der Waals surface area contributed by atoms with Gasteiger partial charge in [0.25, 0.3) is 0 Å². The fourth-order valence-corrected chi connectivity index (χ4v) is 5.16. The van der Waals surface area contributed by atoms with Crippen LogP contribution in [0.3, 0.4) is 0 Å². The third-order valence-electron chi connectivity index (χ3n) is 4.01. The van der Waals surface area contributed by atoms with Crippen LogP contribution in [0.2, 0.25) is 0 Å². The molecule has 112 valence electrons. The van der Waals surface area contributed by atoms with Gasteiger partial charge in [0.15, 0.2) is 0 Å². The molecule has 0 spiro atoms. The molecule has 2 heterocycles. The number of thiophene rings is 1. The Kier molecular flexibility index (Phi) is 5.04. The summed E-state index contributed by atoms with van der Waals surface area (Å²) in [6.45, 7) is 4.41. The number of benzene rings is 1. The molecule has 0 radical (unpaired) electrons. The van der Waals surface area contributed by atoms with Crippen LogP contribution in [0.15, 0.2) is 35.7 Å². The summed E-state index contributed by atoms with van der Waals surface area (Å²) >= 11 is 3.88. The molecule has 0 aliphatic carbocycles. The van der Waals surface area contributed by atoms with Gasteiger partial charge in [0.2, 0.25) is 0 Å². The van der Waals surface area contributed by atoms with Crippen LogP contribution in [0.25, 0.3) is 10.4 Å². The first kappa shape index (κ1) is 15.1. The van der Waals surface area contributed by atoms with Gasteiger partial charge in [-0.1, -0.05) is 30.3 Å². The number of hydrogen-bond acceptors (Lipinski definition) is 3. The van der Waals surface area contributed by atoms with Gasteiger partial charge in [-0.15, -0.1) is 11.3 Å². The average Bonchev–Trinajstić information content (AvgIpc) is 3.07. The van der Waals surface area contributed by atoms with E-state index < -0.39 is 0 Å². The number of aryl methyl sites for hydroxylation is 1. The van der Waals surface area contributed by atoms with Crippen LogP contribution in [0.1, 0.15) is 30.9 Å². The molecule has 0 N–H and O–H groups in total. The molecular weight excluding hydrogens is 296 g/mol. The molecule has 2 atom stereocenters. The summed E-state index contributed by atoms with van der Waals surface area (Å²) in [5, 5.41) is 2.28. The first-order valence-corrected chi connectivity index (χ1v) is 9.63. The van der Waals surface area contributed by atoms with Crippen molar-refractivity contribution in [3.05, 3.63) is 46.8 Å². The van der Waals surface area contributed by atoms with E-state index in [0.29, 0.717) is 12.2 Å². The van der Waals surface area contributed by atoms with E-state index in [1.165, 1.54) is 34.4 Å². The van der Waals surface area contributed by atoms with Gasteiger partial charge in [0, 0.05) is 16.4 Å². The highest BCUT2D eigenvalue weighted by Crippen LogP contribution is 2.35. The Morgan fingerprint density at radius 2 is 2.05 bits per heavy atom. The van der Waals surface area contributed by atoms with E-state index in [2.05, 4.69) is 49.6 Å². The lowest BCUT2D eigenvalue weighted by molar-refractivity contribution is 0.0700. The highest BCUT2D eigenvalue weighted by molar-refractivity contribution is 7.98. The van der Waals surface area contributed by atoms with Crippen molar-refractivity contribution >= 4 is 23.1 Å². The highest BCUT2D eigenvalue weighted by Gasteiger charge is 2.21. The average molecular weight is 319 g/mol. The van der Waals surface area contributed by atoms with E-state index in [1.807, 2.05) is 23.1 Å². The van der Waals surface area contributed by atoms with Crippen LogP contribution in [-0.2, 0) is 10.5 Å². The molecule has 2 aromatic rings. The maximum atomic E-state index is 5.91. The summed E-state index contributed by atoms with van der Waals surface area (Å²) < 4.78 is 5.91. The predicted octanol–water partition coefficient (Wildman–Crippen LogP) is 5.52. The molecule has 0 amide bonds. The second-order valence-corrected chi connectivity index (χ2v) is 7.66. The van der Waals surface area contributed by atoms with Crippen molar-refractivity contribution in [3.8, 4) is 10.4 Å². The number of hydrogen-bond donors (Lipinski definition) is 0. The maximum absolute atomic E-state index is 5.91. The lowest BCUT2D eigenvalue weighted by Gasteiger charge is -2.11. The van der Waals surface area contributed by atoms with E-state index >= 15 is 0 Å². The fourth-order valence-electron chi connectivity index (χ4n) is 2.78. The lowest BCUT2D eigenvalue weighted by atomic mass is 10.1. The highest BCUT2D eigenvalue weighted by atomic mass is 32.2. The van der Waals surface area contributed by atoms with Gasteiger partial charge >= 0.3 is 0 Å². The smallest absolute Gasteiger partial charge is 0.0670 e. The first-order valence-electron chi connectivity index (χ1n) is 7.59. The largest absolute Gasteiger partial charge is 0.374 e. The molecule has 2 unspecified atom stereocenters. The Morgan fingerprint density at radius 1 is 1.24 bits per heavy atom. The molecule has 1 aliphatic heterocycles. The Labute approximate surface area is 135 Å². The van der Waals surface area contributed by atoms with Crippen molar-refractivity contribution in [2.24, 2.45) is 0 Å². The molecule has 0 saturated carbocycles. The Balaban J connectivity index is 1.64. The minimum absolute atomic E-state index is 0.457. The Hall–Kier alpha value is -0.770. The minimum Gasteiger partial charge on any atom is -0.374 e. The standard InChI is InChI=1S/C18H22OS2/c1-13-10-21-18(15-6-4-3-5-7-15)17(13)12-20-11-16-9-8-14(2)19-16/h3-7,10,14,16H,8-9,11-12H2,1-2H3. The monoisotopic (exact) mass is 318 g/mol. The zero-order chi connectivity index (χ0) is 14.7. The summed E-state index contributed by atoms with van der Waals surface area (Å²) in [5.74, 6) is 2.21. The van der Waals surface area contributed by atoms with Crippen molar-refractivity contribution < 1.29 is 4.74 Å². The number of rotatable bonds is 5. The maximum Gasteiger partial charge on any atom is 0.0670 e. The summed E-state index contributed by atoms with van der Waals surface area (Å²) in [7, 11) is 0. The molecule has 1 fully saturated rings. The molecule has 1 saturated heterocycles. The van der Waals surface area contributed by atoms with E-state index in [4.69, 9.17) is 4.74 Å². The molecule has 3 rings (SSSR count). The lowest BCUT2D eigenvalue weighted by Crippen LogP contribution is -2.11. The minimum atomic E-state index is 0.457. The van der Waals surface area contributed by atoms with Gasteiger partial charge in [-0.25, -0.2) is 0 Å². The summed E-state index contributed by atoms with van der Waals surface area (Å²) in [4.78, 5) is 1.43. The number of ether oxygens (including phenoxy) is 1. The summed E-state index contributed by atoms with van der Waals surface area (Å²) in [6, 6.07) is 10.7. The zero-order valence-corrected chi connectivity index (χ0v) is 14.3. The third kappa shape index (κ3) is 3.71. The molecule has 1 nitrogen and oxygen atoms in total. The first-order chi connectivity index (χ1) is 10.2. The number of thioether (sulfide) groups is 1. The molecule has 1 aliphatic rings. The van der Waals surface area contributed by atoms with E-state index in [1.54, 1.807) is 0 Å². The Bertz CT molecular complexity index is 576. The van der Waals surface area contributed by atoms with Crippen molar-refractivity contribution in [2.75, 3.05) is 5.75 Å². The fraction of sp³-hybridized carbons (Fsp3) is 0.444. The SMILES string of the molecule is Cc1csc(-c2ccccc2)c1CSCC1CCC(C)O1. The second-order valence-electron chi connectivity index (χ2n) is 5.75. The molecular formula is C18H22OS2. The van der Waals surface area contributed by atoms with Crippen LogP contribution in [0.4, 0.5) is 0 Å². The van der Waals surface area contributed by atoms with Crippen molar-refractivity contribution in [1.82, 2.24) is 0 Å². The Morgan fingerprint density at radius 3 is 2.76 bits per heavy atom. The molecule has 21 heavy (non-hydrogen) atoms. The molecule has 3 heteroatoms. The summed E-state index contributed by atoms with van der Waals surface area (Å²) in [6.07, 6.45) is 3.36. The van der Waals surface area contributed by atoms with Gasteiger partial charge in [0.05, 0.1) is 12.2 Å². The van der Waals surface area contributed by atoms with Crippen molar-refractivity contribution in [1.29, 1.82) is 0 Å². The van der Waals surface area contributed by atoms with Gasteiger partial charge < -0.3 is 4.74 Å². The third-order valence-corrected chi connectivity index (χ3v) is 6.30.